The van der Waals surface area contributed by atoms with Gasteiger partial charge in [-0.15, -0.1) is 11.3 Å². The first-order valence-electron chi connectivity index (χ1n) is 5.56. The van der Waals surface area contributed by atoms with Crippen molar-refractivity contribution in [1.29, 1.82) is 0 Å². The Balaban J connectivity index is 1.94. The van der Waals surface area contributed by atoms with Gasteiger partial charge in [-0.05, 0) is 12.1 Å². The predicted octanol–water partition coefficient (Wildman–Crippen LogP) is 2.12. The zero-order chi connectivity index (χ0) is 14.5. The van der Waals surface area contributed by atoms with Crippen LogP contribution in [0.2, 0.25) is 0 Å². The molecule has 0 aliphatic rings. The Morgan fingerprint density at radius 3 is 2.80 bits per heavy atom. The summed E-state index contributed by atoms with van der Waals surface area (Å²) in [6, 6.07) is 6.19. The maximum Gasteiger partial charge on any atom is 0.410 e. The second-order valence-electron chi connectivity index (χ2n) is 3.85. The van der Waals surface area contributed by atoms with E-state index in [1.54, 1.807) is 17.5 Å². The van der Waals surface area contributed by atoms with Crippen molar-refractivity contribution in [1.82, 2.24) is 4.98 Å². The molecule has 0 bridgehead atoms. The lowest BCUT2D eigenvalue weighted by Crippen LogP contribution is -2.14. The van der Waals surface area contributed by atoms with Crippen LogP contribution in [0.3, 0.4) is 0 Å². The van der Waals surface area contributed by atoms with E-state index in [-0.39, 0.29) is 23.2 Å². The van der Waals surface area contributed by atoms with Gasteiger partial charge in [0, 0.05) is 17.1 Å². The van der Waals surface area contributed by atoms with Crippen LogP contribution in [-0.4, -0.2) is 27.2 Å². The largest absolute Gasteiger partial charge is 0.508 e. The van der Waals surface area contributed by atoms with Gasteiger partial charge in [0.15, 0.2) is 5.13 Å². The lowest BCUT2D eigenvalue weighted by Gasteiger charge is -2.04. The molecule has 0 atom stereocenters. The van der Waals surface area contributed by atoms with Crippen molar-refractivity contribution in [3.05, 3.63) is 35.3 Å². The fourth-order valence-electron chi connectivity index (χ4n) is 1.49. The molecule has 8 heteroatoms. The zero-order valence-electron chi connectivity index (χ0n) is 10.2. The molecule has 20 heavy (non-hydrogen) atoms. The molecule has 0 unspecified atom stereocenters. The Morgan fingerprint density at radius 2 is 2.10 bits per heavy atom. The summed E-state index contributed by atoms with van der Waals surface area (Å²) in [5.41, 5.74) is 0.950. The summed E-state index contributed by atoms with van der Waals surface area (Å²) >= 11 is 1.11. The van der Waals surface area contributed by atoms with E-state index >= 15 is 0 Å². The van der Waals surface area contributed by atoms with Crippen LogP contribution in [0.4, 0.5) is 15.6 Å². The topological polar surface area (TPSA) is 112 Å². The van der Waals surface area contributed by atoms with Gasteiger partial charge in [0.25, 0.3) is 0 Å². The Morgan fingerprint density at radius 1 is 1.30 bits per heavy atom. The average molecular weight is 293 g/mol. The van der Waals surface area contributed by atoms with E-state index in [2.05, 4.69) is 15.6 Å². The molecule has 0 saturated heterocycles. The van der Waals surface area contributed by atoms with Crippen molar-refractivity contribution in [3.8, 4) is 5.75 Å². The van der Waals surface area contributed by atoms with Crippen LogP contribution in [0, 0.1) is 0 Å². The summed E-state index contributed by atoms with van der Waals surface area (Å²) in [5, 5.41) is 24.4. The van der Waals surface area contributed by atoms with Gasteiger partial charge in [-0.3, -0.25) is 10.1 Å². The zero-order valence-corrected chi connectivity index (χ0v) is 11.0. The molecule has 0 aliphatic carbocycles. The minimum Gasteiger partial charge on any atom is -0.508 e. The SMILES string of the molecule is O=C(O)Nc1nc(CC(=O)Nc2cccc(O)c2)cs1. The molecule has 4 N–H and O–H groups in total. The second-order valence-corrected chi connectivity index (χ2v) is 4.71. The predicted molar refractivity (Wildman–Crippen MR) is 74.2 cm³/mol. The van der Waals surface area contributed by atoms with Crippen LogP contribution in [0.5, 0.6) is 5.75 Å². The van der Waals surface area contributed by atoms with Crippen LogP contribution in [0.25, 0.3) is 0 Å². The third-order valence-electron chi connectivity index (χ3n) is 2.24. The number of anilines is 2. The van der Waals surface area contributed by atoms with Crippen LogP contribution >= 0.6 is 11.3 Å². The molecule has 0 saturated carbocycles. The lowest BCUT2D eigenvalue weighted by molar-refractivity contribution is -0.115. The van der Waals surface area contributed by atoms with E-state index in [1.165, 1.54) is 12.1 Å². The van der Waals surface area contributed by atoms with Gasteiger partial charge in [0.05, 0.1) is 12.1 Å². The second kappa shape index (κ2) is 6.02. The molecule has 2 rings (SSSR count). The molecule has 0 radical (unpaired) electrons. The highest BCUT2D eigenvalue weighted by atomic mass is 32.1. The molecule has 2 aromatic rings. The van der Waals surface area contributed by atoms with Crippen LogP contribution in [0.1, 0.15) is 5.69 Å². The third kappa shape index (κ3) is 3.95. The molecule has 1 heterocycles. The van der Waals surface area contributed by atoms with Gasteiger partial charge < -0.3 is 15.5 Å². The number of phenols is 1. The van der Waals surface area contributed by atoms with Crippen molar-refractivity contribution >= 4 is 34.2 Å². The lowest BCUT2D eigenvalue weighted by atomic mass is 10.2. The molecule has 0 spiro atoms. The van der Waals surface area contributed by atoms with Crippen LogP contribution < -0.4 is 10.6 Å². The van der Waals surface area contributed by atoms with E-state index in [0.717, 1.165) is 11.3 Å². The number of aromatic nitrogens is 1. The van der Waals surface area contributed by atoms with E-state index in [1.807, 2.05) is 0 Å². The highest BCUT2D eigenvalue weighted by Gasteiger charge is 2.09. The van der Waals surface area contributed by atoms with Crippen LogP contribution in [-0.2, 0) is 11.2 Å². The van der Waals surface area contributed by atoms with E-state index in [0.29, 0.717) is 11.4 Å². The number of carbonyl (C=O) groups is 2. The smallest absolute Gasteiger partial charge is 0.410 e. The Kier molecular flexibility index (Phi) is 4.16. The summed E-state index contributed by atoms with van der Waals surface area (Å²) in [4.78, 5) is 26.2. The van der Waals surface area contributed by atoms with E-state index in [4.69, 9.17) is 5.11 Å². The number of nitrogens with zero attached hydrogens (tertiary/aromatic N) is 1. The summed E-state index contributed by atoms with van der Waals surface area (Å²) in [5.74, 6) is -0.243. The number of thiazole rings is 1. The summed E-state index contributed by atoms with van der Waals surface area (Å²) in [6.45, 7) is 0. The van der Waals surface area contributed by atoms with Crippen molar-refractivity contribution in [2.45, 2.75) is 6.42 Å². The van der Waals surface area contributed by atoms with Crippen molar-refractivity contribution < 1.29 is 19.8 Å². The van der Waals surface area contributed by atoms with Gasteiger partial charge in [0.2, 0.25) is 5.91 Å². The molecule has 0 aliphatic heterocycles. The highest BCUT2D eigenvalue weighted by molar-refractivity contribution is 7.13. The van der Waals surface area contributed by atoms with Crippen molar-refractivity contribution in [3.63, 3.8) is 0 Å². The van der Waals surface area contributed by atoms with Gasteiger partial charge in [-0.2, -0.15) is 0 Å². The number of carbonyl (C=O) groups excluding carboxylic acids is 1. The summed E-state index contributed by atoms with van der Waals surface area (Å²) in [7, 11) is 0. The first-order valence-corrected chi connectivity index (χ1v) is 6.44. The van der Waals surface area contributed by atoms with Crippen molar-refractivity contribution in [2.24, 2.45) is 0 Å². The number of carboxylic acid groups (broad SMARTS) is 1. The Bertz CT molecular complexity index is 641. The molecular formula is C12H11N3O4S. The molecular weight excluding hydrogens is 282 g/mol. The molecule has 0 fully saturated rings. The van der Waals surface area contributed by atoms with Gasteiger partial charge >= 0.3 is 6.09 Å². The maximum atomic E-state index is 11.8. The van der Waals surface area contributed by atoms with Gasteiger partial charge in [-0.25, -0.2) is 9.78 Å². The van der Waals surface area contributed by atoms with Crippen LogP contribution in [0.15, 0.2) is 29.6 Å². The molecule has 7 nitrogen and oxygen atoms in total. The highest BCUT2D eigenvalue weighted by Crippen LogP contribution is 2.18. The molecule has 2 amide bonds. The number of rotatable bonds is 4. The fourth-order valence-corrected chi connectivity index (χ4v) is 2.19. The third-order valence-corrected chi connectivity index (χ3v) is 3.04. The number of amides is 2. The number of nitrogens with one attached hydrogen (secondary N) is 2. The Hall–Kier alpha value is -2.61. The first-order chi connectivity index (χ1) is 9.52. The average Bonchev–Trinajstić information content (AvgIpc) is 2.75. The molecule has 104 valence electrons. The number of benzene rings is 1. The minimum atomic E-state index is -1.20. The summed E-state index contributed by atoms with van der Waals surface area (Å²) < 4.78 is 0. The number of hydrogen-bond acceptors (Lipinski definition) is 5. The number of aromatic hydroxyl groups is 1. The normalized spacial score (nSPS) is 10.0. The fraction of sp³-hybridized carbons (Fsp3) is 0.0833. The number of phenolic OH excluding ortho intramolecular Hbond substituents is 1. The summed E-state index contributed by atoms with van der Waals surface area (Å²) in [6.07, 6.45) is -1.18. The molecule has 1 aromatic heterocycles. The van der Waals surface area contributed by atoms with E-state index < -0.39 is 6.09 Å². The van der Waals surface area contributed by atoms with E-state index in [9.17, 15) is 14.7 Å². The first kappa shape index (κ1) is 13.8. The van der Waals surface area contributed by atoms with Gasteiger partial charge in [-0.1, -0.05) is 6.07 Å². The molecule has 1 aromatic carbocycles. The minimum absolute atomic E-state index is 0.0213. The monoisotopic (exact) mass is 293 g/mol. The quantitative estimate of drug-likeness (QED) is 0.690. The van der Waals surface area contributed by atoms with Gasteiger partial charge in [0.1, 0.15) is 5.75 Å². The Labute approximate surface area is 117 Å². The van der Waals surface area contributed by atoms with Crippen molar-refractivity contribution in [2.75, 3.05) is 10.6 Å². The number of hydrogen-bond donors (Lipinski definition) is 4. The maximum absolute atomic E-state index is 11.8. The standard InChI is InChI=1S/C12H11N3O4S/c16-9-3-1-2-7(4-9)13-10(17)5-8-6-20-11(14-8)15-12(18)19/h1-4,6,16H,5H2,(H,13,17)(H,14,15)(H,18,19).